The lowest BCUT2D eigenvalue weighted by atomic mass is 10.0. The lowest BCUT2D eigenvalue weighted by Crippen LogP contribution is -2.37. The van der Waals surface area contributed by atoms with Gasteiger partial charge in [-0.1, -0.05) is 71.8 Å². The fraction of sp³-hybridized carbons (Fsp3) is 0.188. The third-order valence-corrected chi connectivity index (χ3v) is 7.17. The number of halogens is 1. The van der Waals surface area contributed by atoms with Gasteiger partial charge in [0, 0.05) is 12.4 Å². The van der Waals surface area contributed by atoms with Crippen LogP contribution in [0.3, 0.4) is 0 Å². The lowest BCUT2D eigenvalue weighted by molar-refractivity contribution is -0.136. The first-order chi connectivity index (χ1) is 19.3. The van der Waals surface area contributed by atoms with Crippen LogP contribution in [-0.4, -0.2) is 47.9 Å². The molecule has 0 aliphatic heterocycles. The maximum atomic E-state index is 13.4. The number of likely N-dealkylation sites (N-methyl/N-ethyl adjacent to an activating group) is 1. The van der Waals surface area contributed by atoms with Gasteiger partial charge in [0.2, 0.25) is 5.91 Å². The molecule has 1 aliphatic carbocycles. The molecule has 3 aromatic carbocycles. The summed E-state index contributed by atoms with van der Waals surface area (Å²) < 4.78 is 5.50. The van der Waals surface area contributed by atoms with Crippen molar-refractivity contribution >= 4 is 57.6 Å². The van der Waals surface area contributed by atoms with Crippen LogP contribution in [0.1, 0.15) is 39.2 Å². The van der Waals surface area contributed by atoms with Crippen molar-refractivity contribution in [3.63, 3.8) is 0 Å². The molecule has 5 rings (SSSR count). The average Bonchev–Trinajstić information content (AvgIpc) is 3.34. The molecule has 202 valence electrons. The number of anilines is 1. The van der Waals surface area contributed by atoms with E-state index < -0.39 is 24.4 Å². The van der Waals surface area contributed by atoms with E-state index in [1.54, 1.807) is 24.3 Å². The maximum absolute atomic E-state index is 13.4. The Morgan fingerprint density at radius 2 is 1.73 bits per heavy atom. The second-order valence-electron chi connectivity index (χ2n) is 9.77. The molecule has 1 aliphatic rings. The third kappa shape index (κ3) is 5.90. The summed E-state index contributed by atoms with van der Waals surface area (Å²) in [7, 11) is 1.48. The van der Waals surface area contributed by atoms with Crippen LogP contribution < -0.4 is 5.32 Å². The van der Waals surface area contributed by atoms with Crippen molar-refractivity contribution in [1.82, 2.24) is 9.88 Å². The van der Waals surface area contributed by atoms with Crippen LogP contribution in [0.25, 0.3) is 22.6 Å². The number of carbonyl (C=O) groups excluding carboxylic acids is 3. The molecule has 40 heavy (non-hydrogen) atoms. The van der Waals surface area contributed by atoms with E-state index in [2.05, 4.69) is 35.7 Å². The number of hydrogen-bond acceptors (Lipinski definition) is 5. The van der Waals surface area contributed by atoms with Gasteiger partial charge in [0.1, 0.15) is 0 Å². The summed E-state index contributed by atoms with van der Waals surface area (Å²) in [5.41, 5.74) is 6.48. The number of hydrogen-bond donors (Lipinski definition) is 1. The Bertz CT molecular complexity index is 1650. The number of rotatable bonds is 7. The number of esters is 1. The minimum Gasteiger partial charge on any atom is -0.452 e. The number of nitrogens with one attached hydrogen (secondary N) is 1. The Kier molecular flexibility index (Phi) is 7.94. The van der Waals surface area contributed by atoms with Crippen molar-refractivity contribution in [2.24, 2.45) is 0 Å². The second kappa shape index (κ2) is 11.7. The molecule has 1 heterocycles. The van der Waals surface area contributed by atoms with Crippen LogP contribution in [0.4, 0.5) is 5.69 Å². The molecule has 1 N–H and O–H groups in total. The van der Waals surface area contributed by atoms with E-state index in [0.29, 0.717) is 33.6 Å². The molecule has 0 saturated carbocycles. The smallest absolute Gasteiger partial charge is 0.339 e. The van der Waals surface area contributed by atoms with E-state index in [-0.39, 0.29) is 6.54 Å². The predicted octanol–water partition coefficient (Wildman–Crippen LogP) is 5.94. The molecule has 0 bridgehead atoms. The Morgan fingerprint density at radius 1 is 1.00 bits per heavy atom. The van der Waals surface area contributed by atoms with Crippen LogP contribution in [0.2, 0.25) is 5.02 Å². The standard InChI is InChI=1S/C32H28ClN3O4/c1-20-11-13-21(14-12-20)17-22-15-16-24-30(23-7-3-5-9-26(23)35-31(22)24)32(39)40-19-29(38)36(2)18-28(37)34-27-10-6-4-8-25(27)33/h3-14,17H,15-16,18-19H2,1-2H3,(H,34,37)/b22-17+. The van der Waals surface area contributed by atoms with Crippen molar-refractivity contribution in [3.05, 3.63) is 106 Å². The Labute approximate surface area is 237 Å². The number of carbonyl (C=O) groups is 3. The topological polar surface area (TPSA) is 88.6 Å². The summed E-state index contributed by atoms with van der Waals surface area (Å²) in [6, 6.07) is 22.5. The van der Waals surface area contributed by atoms with Gasteiger partial charge in [-0.25, -0.2) is 9.78 Å². The van der Waals surface area contributed by atoms with Gasteiger partial charge in [-0.2, -0.15) is 0 Å². The Hall–Kier alpha value is -4.49. The van der Waals surface area contributed by atoms with Gasteiger partial charge in [0.05, 0.1) is 34.0 Å². The molecule has 0 radical (unpaired) electrons. The van der Waals surface area contributed by atoms with Gasteiger partial charge >= 0.3 is 5.97 Å². The van der Waals surface area contributed by atoms with E-state index >= 15 is 0 Å². The van der Waals surface area contributed by atoms with E-state index in [9.17, 15) is 14.4 Å². The second-order valence-corrected chi connectivity index (χ2v) is 10.2. The number of allylic oxidation sites excluding steroid dienone is 1. The molecule has 0 saturated heterocycles. The first-order valence-electron chi connectivity index (χ1n) is 12.9. The number of fused-ring (bicyclic) bond motifs is 2. The minimum atomic E-state index is -0.589. The first-order valence-corrected chi connectivity index (χ1v) is 13.3. The van der Waals surface area contributed by atoms with Crippen molar-refractivity contribution < 1.29 is 19.1 Å². The number of para-hydroxylation sites is 2. The number of nitrogens with zero attached hydrogens (tertiary/aromatic N) is 2. The van der Waals surface area contributed by atoms with E-state index in [0.717, 1.165) is 28.8 Å². The van der Waals surface area contributed by atoms with Gasteiger partial charge in [0.15, 0.2) is 6.61 Å². The highest BCUT2D eigenvalue weighted by Crippen LogP contribution is 2.37. The van der Waals surface area contributed by atoms with Crippen LogP contribution >= 0.6 is 11.6 Å². The number of amides is 2. The SMILES string of the molecule is Cc1ccc(/C=C2\CCc3c2nc2ccccc2c3C(=O)OCC(=O)N(C)CC(=O)Nc2ccccc2Cl)cc1. The zero-order chi connectivity index (χ0) is 28.2. The first kappa shape index (κ1) is 27.1. The Morgan fingerprint density at radius 3 is 2.50 bits per heavy atom. The van der Waals surface area contributed by atoms with E-state index in [4.69, 9.17) is 21.3 Å². The van der Waals surface area contributed by atoms with Crippen LogP contribution in [0, 0.1) is 6.92 Å². The zero-order valence-electron chi connectivity index (χ0n) is 22.2. The highest BCUT2D eigenvalue weighted by atomic mass is 35.5. The highest BCUT2D eigenvalue weighted by Gasteiger charge is 2.28. The molecule has 2 amide bonds. The largest absolute Gasteiger partial charge is 0.452 e. The van der Waals surface area contributed by atoms with Crippen molar-refractivity contribution in [2.45, 2.75) is 19.8 Å². The summed E-state index contributed by atoms with van der Waals surface area (Å²) >= 11 is 6.09. The monoisotopic (exact) mass is 553 g/mol. The normalized spacial score (nSPS) is 13.2. The molecule has 0 fully saturated rings. The van der Waals surface area contributed by atoms with E-state index in [1.807, 2.05) is 31.2 Å². The number of aryl methyl sites for hydroxylation is 1. The highest BCUT2D eigenvalue weighted by molar-refractivity contribution is 6.33. The zero-order valence-corrected chi connectivity index (χ0v) is 23.0. The fourth-order valence-electron chi connectivity index (χ4n) is 4.74. The average molecular weight is 554 g/mol. The molecule has 8 heteroatoms. The maximum Gasteiger partial charge on any atom is 0.339 e. The van der Waals surface area contributed by atoms with Crippen molar-refractivity contribution in [2.75, 3.05) is 25.5 Å². The fourth-order valence-corrected chi connectivity index (χ4v) is 4.92. The molecular formula is C32H28ClN3O4. The molecule has 7 nitrogen and oxygen atoms in total. The minimum absolute atomic E-state index is 0.220. The van der Waals surface area contributed by atoms with Crippen molar-refractivity contribution in [1.29, 1.82) is 0 Å². The van der Waals surface area contributed by atoms with Crippen LogP contribution in [-0.2, 0) is 20.7 Å². The van der Waals surface area contributed by atoms with Gasteiger partial charge in [-0.05, 0) is 60.7 Å². The number of pyridine rings is 1. The van der Waals surface area contributed by atoms with Gasteiger partial charge < -0.3 is 15.0 Å². The quantitative estimate of drug-likeness (QED) is 0.286. The van der Waals surface area contributed by atoms with Gasteiger partial charge in [-0.15, -0.1) is 0 Å². The lowest BCUT2D eigenvalue weighted by Gasteiger charge is -2.18. The summed E-state index contributed by atoms with van der Waals surface area (Å²) in [5.74, 6) is -1.51. The molecule has 1 aromatic heterocycles. The number of aromatic nitrogens is 1. The summed E-state index contributed by atoms with van der Waals surface area (Å²) in [5, 5.41) is 3.75. The summed E-state index contributed by atoms with van der Waals surface area (Å²) in [6.07, 6.45) is 3.49. The molecule has 0 spiro atoms. The Balaban J connectivity index is 1.32. The number of ether oxygens (including phenoxy) is 1. The van der Waals surface area contributed by atoms with E-state index in [1.165, 1.54) is 17.5 Å². The molecular weight excluding hydrogens is 526 g/mol. The predicted molar refractivity (Wildman–Crippen MR) is 157 cm³/mol. The van der Waals surface area contributed by atoms with Crippen LogP contribution in [0.5, 0.6) is 0 Å². The summed E-state index contributed by atoms with van der Waals surface area (Å²) in [4.78, 5) is 44.6. The third-order valence-electron chi connectivity index (χ3n) is 6.85. The van der Waals surface area contributed by atoms with Gasteiger partial charge in [0.25, 0.3) is 5.91 Å². The molecule has 0 unspecified atom stereocenters. The summed E-state index contributed by atoms with van der Waals surface area (Å²) in [6.45, 7) is 1.33. The van der Waals surface area contributed by atoms with Crippen molar-refractivity contribution in [3.8, 4) is 0 Å². The number of benzene rings is 3. The molecule has 0 atom stereocenters. The van der Waals surface area contributed by atoms with Crippen LogP contribution in [0.15, 0.2) is 72.8 Å². The van der Waals surface area contributed by atoms with Gasteiger partial charge in [-0.3, -0.25) is 9.59 Å². The molecule has 4 aromatic rings.